The monoisotopic (exact) mass is 921 g/mol. The summed E-state index contributed by atoms with van der Waals surface area (Å²) in [5, 5.41) is 0. The molecule has 0 rings (SSSR count). The van der Waals surface area contributed by atoms with E-state index in [-0.39, 0.29) is 26.1 Å². The van der Waals surface area contributed by atoms with Crippen molar-refractivity contribution in [2.75, 3.05) is 47.5 Å². The largest absolute Gasteiger partial charge is 0.472 e. The maximum Gasteiger partial charge on any atom is 0.472 e. The minimum Gasteiger partial charge on any atom is -0.462 e. The van der Waals surface area contributed by atoms with Crippen molar-refractivity contribution in [1.82, 2.24) is 0 Å². The molecule has 0 aromatic carbocycles. The molecule has 10 heteroatoms. The first-order valence-electron chi connectivity index (χ1n) is 26.0. The summed E-state index contributed by atoms with van der Waals surface area (Å²) in [6.07, 6.45) is 57.2. The van der Waals surface area contributed by atoms with Crippen LogP contribution in [0.15, 0.2) is 60.8 Å². The van der Waals surface area contributed by atoms with Crippen LogP contribution in [0, 0.1) is 0 Å². The lowest BCUT2D eigenvalue weighted by Gasteiger charge is -2.24. The molecule has 0 aliphatic carbocycles. The van der Waals surface area contributed by atoms with Gasteiger partial charge in [-0.1, -0.05) is 184 Å². The van der Waals surface area contributed by atoms with Crippen LogP contribution in [-0.4, -0.2) is 74.9 Å². The van der Waals surface area contributed by atoms with Crippen LogP contribution < -0.4 is 0 Å². The highest BCUT2D eigenvalue weighted by Gasteiger charge is 2.27. The number of ether oxygens (including phenoxy) is 2. The quantitative estimate of drug-likeness (QED) is 0.0211. The Labute approximate surface area is 394 Å². The highest BCUT2D eigenvalue weighted by Crippen LogP contribution is 2.43. The van der Waals surface area contributed by atoms with Gasteiger partial charge in [0.15, 0.2) is 6.10 Å². The molecule has 1 unspecified atom stereocenters. The van der Waals surface area contributed by atoms with E-state index < -0.39 is 32.5 Å². The fourth-order valence-electron chi connectivity index (χ4n) is 6.92. The molecule has 1 N–H and O–H groups in total. The van der Waals surface area contributed by atoms with Crippen molar-refractivity contribution in [2.45, 2.75) is 225 Å². The van der Waals surface area contributed by atoms with Crippen LogP contribution in [-0.2, 0) is 32.7 Å². The summed E-state index contributed by atoms with van der Waals surface area (Å²) < 4.78 is 34.4. The smallest absolute Gasteiger partial charge is 0.462 e. The number of phosphoric ester groups is 1. The van der Waals surface area contributed by atoms with Crippen molar-refractivity contribution < 1.29 is 42.1 Å². The van der Waals surface area contributed by atoms with Crippen molar-refractivity contribution in [3.63, 3.8) is 0 Å². The summed E-state index contributed by atoms with van der Waals surface area (Å²) in [5.41, 5.74) is 0. The van der Waals surface area contributed by atoms with Crippen molar-refractivity contribution in [3.8, 4) is 0 Å². The van der Waals surface area contributed by atoms with Crippen LogP contribution in [0.25, 0.3) is 0 Å². The Morgan fingerprint density at radius 2 is 0.875 bits per heavy atom. The molecule has 0 aromatic heterocycles. The second-order valence-electron chi connectivity index (χ2n) is 18.5. The van der Waals surface area contributed by atoms with Crippen LogP contribution >= 0.6 is 7.82 Å². The zero-order valence-corrected chi connectivity index (χ0v) is 42.9. The molecule has 0 heterocycles. The van der Waals surface area contributed by atoms with Crippen LogP contribution in [0.3, 0.4) is 0 Å². The van der Waals surface area contributed by atoms with E-state index in [4.69, 9.17) is 18.5 Å². The summed E-state index contributed by atoms with van der Waals surface area (Å²) in [6, 6.07) is 0. The number of hydrogen-bond acceptors (Lipinski definition) is 7. The fraction of sp³-hybridized carbons (Fsp3) is 0.778. The average molecular weight is 921 g/mol. The molecule has 0 aromatic rings. The van der Waals surface area contributed by atoms with E-state index in [1.54, 1.807) is 0 Å². The molecule has 9 nitrogen and oxygen atoms in total. The van der Waals surface area contributed by atoms with E-state index in [1.165, 1.54) is 116 Å². The van der Waals surface area contributed by atoms with Crippen molar-refractivity contribution in [1.29, 1.82) is 0 Å². The lowest BCUT2D eigenvalue weighted by atomic mass is 10.0. The van der Waals surface area contributed by atoms with Gasteiger partial charge in [0, 0.05) is 12.8 Å². The van der Waals surface area contributed by atoms with E-state index in [0.29, 0.717) is 23.9 Å². The Bertz CT molecular complexity index is 1270. The minimum atomic E-state index is -4.40. The Kier molecular flexibility index (Phi) is 44.2. The molecule has 2 atom stereocenters. The first-order valence-corrected chi connectivity index (χ1v) is 27.5. The zero-order valence-electron chi connectivity index (χ0n) is 42.0. The second kappa shape index (κ2) is 45.8. The molecule has 0 aliphatic rings. The Morgan fingerprint density at radius 1 is 0.484 bits per heavy atom. The molecule has 0 radical (unpaired) electrons. The van der Waals surface area contributed by atoms with Gasteiger partial charge in [-0.15, -0.1) is 0 Å². The number of esters is 2. The number of carbonyl (C=O) groups excluding carboxylic acids is 2. The lowest BCUT2D eigenvalue weighted by molar-refractivity contribution is -0.870. The van der Waals surface area contributed by atoms with Gasteiger partial charge >= 0.3 is 19.8 Å². The average Bonchev–Trinajstić information content (AvgIpc) is 3.25. The number of nitrogens with zero attached hydrogens (tertiary/aromatic N) is 1. The molecule has 64 heavy (non-hydrogen) atoms. The zero-order chi connectivity index (χ0) is 47.1. The molecular formula is C54H99NO8P+. The topological polar surface area (TPSA) is 108 Å². The van der Waals surface area contributed by atoms with E-state index in [1.807, 2.05) is 21.1 Å². The second-order valence-corrected chi connectivity index (χ2v) is 20.0. The summed E-state index contributed by atoms with van der Waals surface area (Å²) in [5.74, 6) is -0.872. The maximum absolute atomic E-state index is 12.7. The molecule has 0 saturated heterocycles. The van der Waals surface area contributed by atoms with Gasteiger partial charge in [-0.2, -0.15) is 0 Å². The van der Waals surface area contributed by atoms with Crippen LogP contribution in [0.1, 0.15) is 219 Å². The van der Waals surface area contributed by atoms with Gasteiger partial charge in [-0.25, -0.2) is 4.57 Å². The number of quaternary nitrogens is 1. The Hall–Kier alpha value is -2.29. The van der Waals surface area contributed by atoms with E-state index in [9.17, 15) is 19.0 Å². The van der Waals surface area contributed by atoms with E-state index >= 15 is 0 Å². The Morgan fingerprint density at radius 3 is 1.39 bits per heavy atom. The molecule has 372 valence electrons. The predicted octanol–water partition coefficient (Wildman–Crippen LogP) is 15.6. The standard InChI is InChI=1S/C54H98NO8P/c1-6-8-10-12-14-16-18-20-22-24-25-26-27-28-29-31-33-35-37-39-41-43-45-47-54(57)63-52(51-62-64(58,59)61-49-48-55(3,4)5)50-60-53(56)46-44-42-40-38-36-34-32-30-23-21-19-17-15-13-11-9-7-2/h15,17,21,23,31-34,39,41,52H,6-14,16,18-20,22,24-30,35-38,40,42-51H2,1-5H3/p+1/b17-15+,23-21+,33-31+,34-32+,41-39+/t52-/m1/s1. The molecule has 0 spiro atoms. The highest BCUT2D eigenvalue weighted by molar-refractivity contribution is 7.47. The third-order valence-corrected chi connectivity index (χ3v) is 12.0. The molecular weight excluding hydrogens is 822 g/mol. The molecule has 0 aliphatic heterocycles. The van der Waals surface area contributed by atoms with Gasteiger partial charge in [-0.05, 0) is 83.5 Å². The summed E-state index contributed by atoms with van der Waals surface area (Å²) >= 11 is 0. The number of unbranched alkanes of at least 4 members (excludes halogenated alkanes) is 23. The van der Waals surface area contributed by atoms with Crippen molar-refractivity contribution >= 4 is 19.8 Å². The molecule has 0 bridgehead atoms. The first kappa shape index (κ1) is 61.7. The molecule has 0 fully saturated rings. The van der Waals surface area contributed by atoms with E-state index in [0.717, 1.165) is 64.2 Å². The predicted molar refractivity (Wildman–Crippen MR) is 270 cm³/mol. The van der Waals surface area contributed by atoms with Gasteiger partial charge < -0.3 is 18.9 Å². The summed E-state index contributed by atoms with van der Waals surface area (Å²) in [6.45, 7) is 4.34. The van der Waals surface area contributed by atoms with Crippen LogP contribution in [0.4, 0.5) is 0 Å². The Balaban J connectivity index is 4.33. The number of allylic oxidation sites excluding steroid dienone is 10. The number of phosphoric acid groups is 1. The van der Waals surface area contributed by atoms with Gasteiger partial charge in [0.25, 0.3) is 0 Å². The van der Waals surface area contributed by atoms with Crippen molar-refractivity contribution in [2.24, 2.45) is 0 Å². The SMILES string of the molecule is CCCCC/C=C/C/C=C/C/C=C/CCCCCCC(=O)OC[C@H](COP(=O)(O)OCC[N+](C)(C)C)OC(=O)CCC/C=C/CC/C=C/CCCCCCCCCCCCCCCC. The molecule has 0 saturated carbocycles. The minimum absolute atomic E-state index is 0.0189. The first-order chi connectivity index (χ1) is 31.0. The number of carbonyl (C=O) groups is 2. The summed E-state index contributed by atoms with van der Waals surface area (Å²) in [4.78, 5) is 35.5. The fourth-order valence-corrected chi connectivity index (χ4v) is 7.67. The highest BCUT2D eigenvalue weighted by atomic mass is 31.2. The third-order valence-electron chi connectivity index (χ3n) is 11.0. The molecule has 0 amide bonds. The van der Waals surface area contributed by atoms with Gasteiger partial charge in [0.1, 0.15) is 19.8 Å². The van der Waals surface area contributed by atoms with Crippen molar-refractivity contribution in [3.05, 3.63) is 60.8 Å². The van der Waals surface area contributed by atoms with Gasteiger partial charge in [0.2, 0.25) is 0 Å². The van der Waals surface area contributed by atoms with Crippen LogP contribution in [0.5, 0.6) is 0 Å². The van der Waals surface area contributed by atoms with Gasteiger partial charge in [0.05, 0.1) is 27.7 Å². The number of hydrogen-bond donors (Lipinski definition) is 1. The van der Waals surface area contributed by atoms with Gasteiger partial charge in [-0.3, -0.25) is 18.6 Å². The summed E-state index contributed by atoms with van der Waals surface area (Å²) in [7, 11) is 1.44. The third kappa shape index (κ3) is 49.2. The maximum atomic E-state index is 12.7. The van der Waals surface area contributed by atoms with E-state index in [2.05, 4.69) is 74.6 Å². The normalized spacial score (nSPS) is 13.9. The lowest BCUT2D eigenvalue weighted by Crippen LogP contribution is -2.37. The number of rotatable bonds is 47. The van der Waals surface area contributed by atoms with Crippen LogP contribution in [0.2, 0.25) is 0 Å². The number of likely N-dealkylation sites (N-methyl/N-ethyl adjacent to an activating group) is 1.